The Morgan fingerprint density at radius 1 is 1.00 bits per heavy atom. The number of nitrogens with zero attached hydrogens (tertiary/aromatic N) is 4. The van der Waals surface area contributed by atoms with Crippen molar-refractivity contribution in [1.82, 2.24) is 23.7 Å². The predicted molar refractivity (Wildman–Crippen MR) is 118 cm³/mol. The van der Waals surface area contributed by atoms with E-state index in [9.17, 15) is 22.8 Å². The van der Waals surface area contributed by atoms with Crippen molar-refractivity contribution in [2.75, 3.05) is 13.1 Å². The fourth-order valence-electron chi connectivity index (χ4n) is 3.82. The molecule has 11 heteroatoms. The topological polar surface area (TPSA) is 123 Å². The third kappa shape index (κ3) is 3.96. The average Bonchev–Trinajstić information content (AvgIpc) is 2.81. The first kappa shape index (κ1) is 21.9. The zero-order chi connectivity index (χ0) is 23.0. The van der Waals surface area contributed by atoms with Gasteiger partial charge in [-0.25, -0.2) is 22.9 Å². The van der Waals surface area contributed by atoms with Crippen LogP contribution in [0.2, 0.25) is 0 Å². The minimum Gasteiger partial charge on any atom is -0.337 e. The number of amides is 1. The molecule has 1 amide bonds. The molecule has 1 saturated heterocycles. The third-order valence-electron chi connectivity index (χ3n) is 5.68. The monoisotopic (exact) mass is 457 g/mol. The molecule has 0 atom stereocenters. The summed E-state index contributed by atoms with van der Waals surface area (Å²) in [5.74, 6) is -0.329. The number of nitrogens with one attached hydrogen (secondary N) is 1. The molecule has 0 spiro atoms. The highest BCUT2D eigenvalue weighted by atomic mass is 32.2. The Kier molecular flexibility index (Phi) is 5.70. The smallest absolute Gasteiger partial charge is 0.332 e. The van der Waals surface area contributed by atoms with Crippen molar-refractivity contribution in [3.8, 4) is 0 Å². The Bertz CT molecular complexity index is 1400. The standard InChI is InChI=1S/C21H23N5O5S/c1-24-18-16(19(27)25(2)21(24)29)8-9-17(22-18)20(28)26-12-10-14(11-13-26)23-32(30,31)15-6-4-3-5-7-15/h3-9,14,23H,10-13H2,1-2H3. The minimum atomic E-state index is -3.62. The van der Waals surface area contributed by atoms with E-state index in [1.165, 1.54) is 42.9 Å². The van der Waals surface area contributed by atoms with Crippen LogP contribution < -0.4 is 16.0 Å². The van der Waals surface area contributed by atoms with Crippen molar-refractivity contribution in [2.45, 2.75) is 23.8 Å². The number of aromatic nitrogens is 3. The van der Waals surface area contributed by atoms with Gasteiger partial charge in [0.2, 0.25) is 10.0 Å². The first-order valence-electron chi connectivity index (χ1n) is 10.1. The van der Waals surface area contributed by atoms with Gasteiger partial charge in [0, 0.05) is 33.2 Å². The highest BCUT2D eigenvalue weighted by molar-refractivity contribution is 7.89. The summed E-state index contributed by atoms with van der Waals surface area (Å²) in [6.07, 6.45) is 0.925. The lowest BCUT2D eigenvalue weighted by atomic mass is 10.1. The van der Waals surface area contributed by atoms with E-state index in [4.69, 9.17) is 0 Å². The quantitative estimate of drug-likeness (QED) is 0.598. The predicted octanol–water partition coefficient (Wildman–Crippen LogP) is 0.215. The normalized spacial score (nSPS) is 15.2. The summed E-state index contributed by atoms with van der Waals surface area (Å²) in [6.45, 7) is 0.714. The summed E-state index contributed by atoms with van der Waals surface area (Å²) in [6, 6.07) is 10.8. The van der Waals surface area contributed by atoms with Crippen LogP contribution in [0, 0.1) is 0 Å². The summed E-state index contributed by atoms with van der Waals surface area (Å²) >= 11 is 0. The molecular formula is C21H23N5O5S. The van der Waals surface area contributed by atoms with Gasteiger partial charge in [0.25, 0.3) is 11.5 Å². The van der Waals surface area contributed by atoms with E-state index in [2.05, 4.69) is 9.71 Å². The third-order valence-corrected chi connectivity index (χ3v) is 7.21. The van der Waals surface area contributed by atoms with Crippen LogP contribution in [0.25, 0.3) is 11.0 Å². The Morgan fingerprint density at radius 3 is 2.31 bits per heavy atom. The summed E-state index contributed by atoms with van der Waals surface area (Å²) < 4.78 is 30.0. The van der Waals surface area contributed by atoms with Gasteiger partial charge < -0.3 is 4.90 Å². The van der Waals surface area contributed by atoms with Crippen molar-refractivity contribution in [1.29, 1.82) is 0 Å². The lowest BCUT2D eigenvalue weighted by molar-refractivity contribution is 0.0705. The maximum Gasteiger partial charge on any atom is 0.332 e. The molecule has 1 fully saturated rings. The van der Waals surface area contributed by atoms with E-state index in [-0.39, 0.29) is 33.6 Å². The number of likely N-dealkylation sites (tertiary alicyclic amines) is 1. The zero-order valence-corrected chi connectivity index (χ0v) is 18.5. The molecule has 4 rings (SSSR count). The number of piperidine rings is 1. The molecule has 0 aliphatic carbocycles. The SMILES string of the molecule is Cn1c(=O)c2ccc(C(=O)N3CCC(NS(=O)(=O)c4ccccc4)CC3)nc2n(C)c1=O. The van der Waals surface area contributed by atoms with Gasteiger partial charge in [-0.3, -0.25) is 18.7 Å². The van der Waals surface area contributed by atoms with Crippen molar-refractivity contribution < 1.29 is 13.2 Å². The first-order chi connectivity index (χ1) is 15.2. The number of carbonyl (C=O) groups excluding carboxylic acids is 1. The lowest BCUT2D eigenvalue weighted by Gasteiger charge is -2.32. The number of rotatable bonds is 4. The van der Waals surface area contributed by atoms with Gasteiger partial charge >= 0.3 is 5.69 Å². The number of aryl methyl sites for hydroxylation is 1. The van der Waals surface area contributed by atoms with Gasteiger partial charge in [0.05, 0.1) is 10.3 Å². The Morgan fingerprint density at radius 2 is 1.66 bits per heavy atom. The van der Waals surface area contributed by atoms with Gasteiger partial charge in [0.1, 0.15) is 11.3 Å². The molecule has 3 aromatic rings. The summed E-state index contributed by atoms with van der Waals surface area (Å²) in [7, 11) is -0.736. The second kappa shape index (κ2) is 8.32. The highest BCUT2D eigenvalue weighted by Gasteiger charge is 2.28. The van der Waals surface area contributed by atoms with Crippen molar-refractivity contribution >= 4 is 27.0 Å². The van der Waals surface area contributed by atoms with Crippen LogP contribution in [0.5, 0.6) is 0 Å². The van der Waals surface area contributed by atoms with Crippen LogP contribution >= 0.6 is 0 Å². The second-order valence-electron chi connectivity index (χ2n) is 7.77. The molecule has 0 unspecified atom stereocenters. The maximum atomic E-state index is 13.0. The van der Waals surface area contributed by atoms with Crippen molar-refractivity contribution in [3.63, 3.8) is 0 Å². The molecule has 2 aromatic heterocycles. The van der Waals surface area contributed by atoms with Crippen molar-refractivity contribution in [2.24, 2.45) is 14.1 Å². The molecule has 10 nitrogen and oxygen atoms in total. The Balaban J connectivity index is 1.48. The highest BCUT2D eigenvalue weighted by Crippen LogP contribution is 2.17. The molecule has 32 heavy (non-hydrogen) atoms. The number of benzene rings is 1. The fourth-order valence-corrected chi connectivity index (χ4v) is 5.15. The molecule has 1 aliphatic heterocycles. The molecule has 0 bridgehead atoms. The molecule has 1 N–H and O–H groups in total. The van der Waals surface area contributed by atoms with Crippen molar-refractivity contribution in [3.05, 3.63) is 69.0 Å². The lowest BCUT2D eigenvalue weighted by Crippen LogP contribution is -2.46. The summed E-state index contributed by atoms with van der Waals surface area (Å²) in [5, 5.41) is 0.250. The number of carbonyl (C=O) groups is 1. The number of fused-ring (bicyclic) bond motifs is 1. The zero-order valence-electron chi connectivity index (χ0n) is 17.7. The van der Waals surface area contributed by atoms with Crippen LogP contribution in [-0.4, -0.2) is 52.5 Å². The van der Waals surface area contributed by atoms with Gasteiger partial charge in [-0.1, -0.05) is 18.2 Å². The maximum absolute atomic E-state index is 13.0. The molecule has 1 aliphatic rings. The Labute approximate surface area is 184 Å². The number of hydrogen-bond acceptors (Lipinski definition) is 6. The van der Waals surface area contributed by atoms with Crippen LogP contribution in [0.4, 0.5) is 0 Å². The number of hydrogen-bond donors (Lipinski definition) is 1. The largest absolute Gasteiger partial charge is 0.337 e. The molecule has 0 radical (unpaired) electrons. The van der Waals surface area contributed by atoms with Crippen LogP contribution in [0.1, 0.15) is 23.3 Å². The fraction of sp³-hybridized carbons (Fsp3) is 0.333. The van der Waals surface area contributed by atoms with E-state index in [0.29, 0.717) is 25.9 Å². The Hall–Kier alpha value is -3.31. The average molecular weight is 458 g/mol. The second-order valence-corrected chi connectivity index (χ2v) is 9.49. The van der Waals surface area contributed by atoms with Gasteiger partial charge in [-0.05, 0) is 37.1 Å². The first-order valence-corrected chi connectivity index (χ1v) is 11.6. The summed E-state index contributed by atoms with van der Waals surface area (Å²) in [5.41, 5.74) is -0.717. The van der Waals surface area contributed by atoms with E-state index in [1.54, 1.807) is 23.1 Å². The molecule has 0 saturated carbocycles. The molecule has 1 aromatic carbocycles. The molecule has 168 valence electrons. The molecule has 3 heterocycles. The van der Waals surface area contributed by atoms with E-state index in [1.807, 2.05) is 0 Å². The summed E-state index contributed by atoms with van der Waals surface area (Å²) in [4.78, 5) is 43.5. The molecular weight excluding hydrogens is 434 g/mol. The van der Waals surface area contributed by atoms with E-state index in [0.717, 1.165) is 4.57 Å². The van der Waals surface area contributed by atoms with E-state index >= 15 is 0 Å². The van der Waals surface area contributed by atoms with Gasteiger partial charge in [-0.2, -0.15) is 0 Å². The van der Waals surface area contributed by atoms with Gasteiger partial charge in [-0.15, -0.1) is 0 Å². The van der Waals surface area contributed by atoms with Crippen LogP contribution in [0.3, 0.4) is 0 Å². The van der Waals surface area contributed by atoms with E-state index < -0.39 is 21.3 Å². The van der Waals surface area contributed by atoms with Crippen LogP contribution in [-0.2, 0) is 24.1 Å². The minimum absolute atomic E-state index is 0.129. The van der Waals surface area contributed by atoms with Crippen LogP contribution in [0.15, 0.2) is 56.9 Å². The van der Waals surface area contributed by atoms with Gasteiger partial charge in [0.15, 0.2) is 0 Å². The number of sulfonamides is 1. The number of pyridine rings is 1.